The molecule has 0 aliphatic heterocycles. The first-order chi connectivity index (χ1) is 9.24. The molecule has 0 aliphatic carbocycles. The molecular formula is C15H14BrFO2. The lowest BCUT2D eigenvalue weighted by molar-refractivity contribution is 0.184. The monoisotopic (exact) mass is 324 g/mol. The van der Waals surface area contributed by atoms with E-state index in [4.69, 9.17) is 9.47 Å². The summed E-state index contributed by atoms with van der Waals surface area (Å²) in [5, 5.41) is 0.409. The highest BCUT2D eigenvalue weighted by Gasteiger charge is 2.09. The van der Waals surface area contributed by atoms with Gasteiger partial charge in [0.05, 0.1) is 6.61 Å². The van der Waals surface area contributed by atoms with E-state index in [2.05, 4.69) is 15.9 Å². The zero-order valence-corrected chi connectivity index (χ0v) is 12.1. The summed E-state index contributed by atoms with van der Waals surface area (Å²) >= 11 is 3.27. The van der Waals surface area contributed by atoms with Crippen molar-refractivity contribution in [2.24, 2.45) is 0 Å². The minimum absolute atomic E-state index is 0.276. The molecule has 2 rings (SSSR count). The van der Waals surface area contributed by atoms with Crippen molar-refractivity contribution in [1.82, 2.24) is 0 Å². The Hall–Kier alpha value is -1.39. The van der Waals surface area contributed by atoms with Crippen LogP contribution in [0.4, 0.5) is 4.39 Å². The van der Waals surface area contributed by atoms with Crippen molar-refractivity contribution in [3.05, 3.63) is 59.4 Å². The Labute approximate surface area is 120 Å². The number of hydrogen-bond acceptors (Lipinski definition) is 2. The summed E-state index contributed by atoms with van der Waals surface area (Å²) in [6.45, 7) is 0.519. The predicted octanol–water partition coefficient (Wildman–Crippen LogP) is 4.66. The second-order valence-corrected chi connectivity index (χ2v) is 4.59. The van der Waals surface area contributed by atoms with Gasteiger partial charge in [-0.2, -0.15) is 0 Å². The van der Waals surface area contributed by atoms with Crippen LogP contribution in [0.2, 0.25) is 0 Å². The fourth-order valence-corrected chi connectivity index (χ4v) is 2.30. The average Bonchev–Trinajstić information content (AvgIpc) is 2.40. The molecule has 0 heterocycles. The molecule has 0 spiro atoms. The minimum Gasteiger partial charge on any atom is -0.457 e. The van der Waals surface area contributed by atoms with Crippen LogP contribution in [0.1, 0.15) is 11.1 Å². The summed E-state index contributed by atoms with van der Waals surface area (Å²) in [5.74, 6) is 0.913. The molecule has 0 atom stereocenters. The van der Waals surface area contributed by atoms with Gasteiger partial charge in [-0.3, -0.25) is 0 Å². The van der Waals surface area contributed by atoms with Gasteiger partial charge >= 0.3 is 0 Å². The first-order valence-corrected chi connectivity index (χ1v) is 6.96. The summed E-state index contributed by atoms with van der Waals surface area (Å²) in [6, 6.07) is 12.4. The molecule has 0 radical (unpaired) electrons. The molecule has 0 aliphatic rings. The van der Waals surface area contributed by atoms with Gasteiger partial charge in [0.1, 0.15) is 17.3 Å². The summed E-state index contributed by atoms with van der Waals surface area (Å²) in [5.41, 5.74) is 1.52. The normalized spacial score (nSPS) is 10.5. The Morgan fingerprint density at radius 1 is 1.16 bits per heavy atom. The zero-order valence-electron chi connectivity index (χ0n) is 10.5. The van der Waals surface area contributed by atoms with Crippen molar-refractivity contribution in [3.8, 4) is 11.5 Å². The van der Waals surface area contributed by atoms with Crippen molar-refractivity contribution in [3.63, 3.8) is 0 Å². The van der Waals surface area contributed by atoms with E-state index in [1.54, 1.807) is 19.2 Å². The minimum atomic E-state index is -0.276. The molecule has 0 aromatic heterocycles. The summed E-state index contributed by atoms with van der Waals surface area (Å²) < 4.78 is 24.4. The summed E-state index contributed by atoms with van der Waals surface area (Å²) in [4.78, 5) is 0. The second kappa shape index (κ2) is 6.68. The second-order valence-electron chi connectivity index (χ2n) is 4.03. The van der Waals surface area contributed by atoms with E-state index in [9.17, 15) is 4.39 Å². The fourth-order valence-electron chi connectivity index (χ4n) is 1.76. The molecule has 2 aromatic rings. The van der Waals surface area contributed by atoms with E-state index < -0.39 is 0 Å². The molecule has 0 saturated carbocycles. The Morgan fingerprint density at radius 3 is 2.68 bits per heavy atom. The highest BCUT2D eigenvalue weighted by atomic mass is 79.9. The molecular weight excluding hydrogens is 311 g/mol. The van der Waals surface area contributed by atoms with Crippen LogP contribution in [0.25, 0.3) is 0 Å². The molecule has 4 heteroatoms. The Bertz CT molecular complexity index is 558. The number of hydrogen-bond donors (Lipinski definition) is 0. The lowest BCUT2D eigenvalue weighted by Gasteiger charge is -2.11. The number of alkyl halides is 1. The van der Waals surface area contributed by atoms with Crippen LogP contribution in [0.3, 0.4) is 0 Å². The van der Waals surface area contributed by atoms with Gasteiger partial charge < -0.3 is 9.47 Å². The van der Waals surface area contributed by atoms with Gasteiger partial charge in [0.15, 0.2) is 0 Å². The Kier molecular flexibility index (Phi) is 4.93. The van der Waals surface area contributed by atoms with E-state index in [0.29, 0.717) is 29.0 Å². The fraction of sp³-hybridized carbons (Fsp3) is 0.200. The van der Waals surface area contributed by atoms with Crippen molar-refractivity contribution >= 4 is 15.9 Å². The topological polar surface area (TPSA) is 18.5 Å². The van der Waals surface area contributed by atoms with E-state index >= 15 is 0 Å². The number of rotatable bonds is 5. The van der Waals surface area contributed by atoms with Gasteiger partial charge in [-0.05, 0) is 29.8 Å². The number of ether oxygens (including phenoxy) is 2. The smallest absolute Gasteiger partial charge is 0.134 e. The van der Waals surface area contributed by atoms with E-state index in [-0.39, 0.29) is 5.82 Å². The summed E-state index contributed by atoms with van der Waals surface area (Å²) in [6.07, 6.45) is 0. The maximum absolute atomic E-state index is 13.6. The Balaban J connectivity index is 2.26. The molecule has 0 saturated heterocycles. The highest BCUT2D eigenvalue weighted by molar-refractivity contribution is 9.08. The third kappa shape index (κ3) is 3.55. The van der Waals surface area contributed by atoms with Crippen LogP contribution < -0.4 is 4.74 Å². The molecule has 0 unspecified atom stereocenters. The molecule has 19 heavy (non-hydrogen) atoms. The predicted molar refractivity (Wildman–Crippen MR) is 76.3 cm³/mol. The lowest BCUT2D eigenvalue weighted by atomic mass is 10.2. The molecule has 2 aromatic carbocycles. The van der Waals surface area contributed by atoms with Crippen LogP contribution in [0.5, 0.6) is 11.5 Å². The highest BCUT2D eigenvalue weighted by Crippen LogP contribution is 2.29. The molecule has 100 valence electrons. The largest absolute Gasteiger partial charge is 0.457 e. The first-order valence-electron chi connectivity index (χ1n) is 5.83. The molecule has 0 bridgehead atoms. The maximum Gasteiger partial charge on any atom is 0.134 e. The van der Waals surface area contributed by atoms with Gasteiger partial charge in [-0.1, -0.05) is 34.1 Å². The van der Waals surface area contributed by atoms with E-state index in [1.165, 1.54) is 6.07 Å². The number of methoxy groups -OCH3 is 1. The van der Waals surface area contributed by atoms with Crippen LogP contribution in [0.15, 0.2) is 42.5 Å². The van der Waals surface area contributed by atoms with Crippen LogP contribution in [-0.2, 0) is 16.7 Å². The third-order valence-electron chi connectivity index (χ3n) is 2.65. The number of benzene rings is 2. The van der Waals surface area contributed by atoms with Gasteiger partial charge in [0.2, 0.25) is 0 Å². The molecule has 0 N–H and O–H groups in total. The van der Waals surface area contributed by atoms with E-state index in [1.807, 2.05) is 24.3 Å². The van der Waals surface area contributed by atoms with Crippen LogP contribution in [0, 0.1) is 5.82 Å². The van der Waals surface area contributed by atoms with Crippen molar-refractivity contribution in [2.45, 2.75) is 11.9 Å². The van der Waals surface area contributed by atoms with Gasteiger partial charge in [0, 0.05) is 18.0 Å². The van der Waals surface area contributed by atoms with Crippen molar-refractivity contribution in [2.75, 3.05) is 7.11 Å². The maximum atomic E-state index is 13.6. The van der Waals surface area contributed by atoms with Crippen LogP contribution >= 0.6 is 15.9 Å². The van der Waals surface area contributed by atoms with Gasteiger partial charge in [0.25, 0.3) is 0 Å². The third-order valence-corrected chi connectivity index (χ3v) is 3.21. The van der Waals surface area contributed by atoms with Gasteiger partial charge in [-0.15, -0.1) is 0 Å². The lowest BCUT2D eigenvalue weighted by Crippen LogP contribution is -1.94. The molecule has 0 amide bonds. The van der Waals surface area contributed by atoms with Gasteiger partial charge in [-0.25, -0.2) is 4.39 Å². The first kappa shape index (κ1) is 14.0. The van der Waals surface area contributed by atoms with Crippen LogP contribution in [-0.4, -0.2) is 7.11 Å². The zero-order chi connectivity index (χ0) is 13.7. The van der Waals surface area contributed by atoms with Crippen molar-refractivity contribution in [1.29, 1.82) is 0 Å². The number of halogens is 2. The summed E-state index contributed by atoms with van der Waals surface area (Å²) in [7, 11) is 1.64. The standard InChI is InChI=1S/C15H14BrFO2/c1-18-10-11-4-2-5-12(8-11)19-15-7-3-6-14(17)13(15)9-16/h2-8H,9-10H2,1H3. The quantitative estimate of drug-likeness (QED) is 0.745. The molecule has 2 nitrogen and oxygen atoms in total. The average molecular weight is 325 g/mol. The molecule has 0 fully saturated rings. The van der Waals surface area contributed by atoms with Crippen molar-refractivity contribution < 1.29 is 13.9 Å². The SMILES string of the molecule is COCc1cccc(Oc2cccc(F)c2CBr)c1. The van der Waals surface area contributed by atoms with E-state index in [0.717, 1.165) is 5.56 Å². The Morgan fingerprint density at radius 2 is 1.95 bits per heavy atom.